The van der Waals surface area contributed by atoms with Crippen LogP contribution < -0.4 is 15.4 Å². The number of likely N-dealkylation sites (N-methyl/N-ethyl adjacent to an activating group) is 1. The van der Waals surface area contributed by atoms with Crippen LogP contribution in [-0.4, -0.2) is 66.4 Å². The van der Waals surface area contributed by atoms with Gasteiger partial charge in [0.05, 0.1) is 24.1 Å². The van der Waals surface area contributed by atoms with E-state index in [0.29, 0.717) is 36.4 Å². The number of amides is 3. The van der Waals surface area contributed by atoms with Gasteiger partial charge in [0.2, 0.25) is 0 Å². The van der Waals surface area contributed by atoms with Crippen LogP contribution in [0.1, 0.15) is 43.0 Å². The van der Waals surface area contributed by atoms with Crippen LogP contribution in [0.25, 0.3) is 0 Å². The number of carboxylic acids is 1. The average molecular weight is 405 g/mol. The fraction of sp³-hybridized carbons (Fsp3) is 0.550. The largest absolute Gasteiger partial charge is 0.490 e. The maximum atomic E-state index is 13.1. The number of urea groups is 1. The highest BCUT2D eigenvalue weighted by atomic mass is 16.5. The first kappa shape index (κ1) is 20.9. The van der Waals surface area contributed by atoms with Gasteiger partial charge in [0.15, 0.2) is 0 Å². The molecule has 0 saturated carbocycles. The lowest BCUT2D eigenvalue weighted by molar-refractivity contribution is -0.148. The second-order valence-electron chi connectivity index (χ2n) is 7.36. The van der Waals surface area contributed by atoms with Crippen LogP contribution >= 0.6 is 0 Å². The van der Waals surface area contributed by atoms with E-state index in [4.69, 9.17) is 14.6 Å². The highest BCUT2D eigenvalue weighted by Crippen LogP contribution is 2.32. The minimum absolute atomic E-state index is 0.0629. The van der Waals surface area contributed by atoms with E-state index in [1.807, 2.05) is 6.92 Å². The van der Waals surface area contributed by atoms with Gasteiger partial charge in [0, 0.05) is 19.3 Å². The molecule has 0 bridgehead atoms. The van der Waals surface area contributed by atoms with Gasteiger partial charge in [-0.1, -0.05) is 6.92 Å². The third-order valence-corrected chi connectivity index (χ3v) is 5.21. The Balaban J connectivity index is 1.77. The Hall–Kier alpha value is -2.81. The van der Waals surface area contributed by atoms with Crippen LogP contribution in [0.5, 0.6) is 5.75 Å². The molecule has 0 unspecified atom stereocenters. The number of anilines is 1. The maximum absolute atomic E-state index is 13.1. The Bertz CT molecular complexity index is 783. The van der Waals surface area contributed by atoms with Gasteiger partial charge < -0.3 is 30.1 Å². The molecule has 158 valence electrons. The Morgan fingerprint density at radius 2 is 2.10 bits per heavy atom. The lowest BCUT2D eigenvalue weighted by Crippen LogP contribution is -2.53. The van der Waals surface area contributed by atoms with Gasteiger partial charge >= 0.3 is 12.0 Å². The number of nitrogens with one attached hydrogen (secondary N) is 2. The summed E-state index contributed by atoms with van der Waals surface area (Å²) >= 11 is 0. The normalized spacial score (nSPS) is 23.7. The lowest BCUT2D eigenvalue weighted by atomic mass is 9.94. The SMILES string of the molecule is CCCNC(=O)Nc1ccc2c(c1)C(=O)N(C)[C@@H]1CC[C@@H](CC(=O)O)O[C@H]1CO2. The summed E-state index contributed by atoms with van der Waals surface area (Å²) in [4.78, 5) is 37.6. The summed E-state index contributed by atoms with van der Waals surface area (Å²) in [6.45, 7) is 2.74. The van der Waals surface area contributed by atoms with E-state index in [9.17, 15) is 14.4 Å². The first-order valence-corrected chi connectivity index (χ1v) is 9.85. The Kier molecular flexibility index (Phi) is 6.58. The highest BCUT2D eigenvalue weighted by molar-refractivity contribution is 5.99. The predicted octanol–water partition coefficient (Wildman–Crippen LogP) is 2.07. The number of carboxylic acid groups (broad SMARTS) is 1. The number of aliphatic carboxylic acids is 1. The summed E-state index contributed by atoms with van der Waals surface area (Å²) in [5.41, 5.74) is 0.869. The van der Waals surface area contributed by atoms with E-state index >= 15 is 0 Å². The Labute approximate surface area is 169 Å². The zero-order valence-electron chi connectivity index (χ0n) is 16.6. The van der Waals surface area contributed by atoms with E-state index in [0.717, 1.165) is 6.42 Å². The number of benzene rings is 1. The summed E-state index contributed by atoms with van der Waals surface area (Å²) in [6, 6.07) is 4.39. The first-order chi connectivity index (χ1) is 13.9. The van der Waals surface area contributed by atoms with Crippen molar-refractivity contribution in [2.75, 3.05) is 25.5 Å². The number of carbonyl (C=O) groups excluding carboxylic acids is 2. The standard InChI is InChI=1S/C20H27N3O6/c1-3-8-21-20(27)22-12-4-7-16-14(9-12)19(26)23(2)15-6-5-13(10-18(24)25)29-17(15)11-28-16/h4,7,9,13,15,17H,3,5-6,8,10-11H2,1-2H3,(H,24,25)(H2,21,22,27)/t13-,15+,17-/m0/s1. The van der Waals surface area contributed by atoms with Crippen LogP contribution in [0, 0.1) is 0 Å². The summed E-state index contributed by atoms with van der Waals surface area (Å²) in [5.74, 6) is -0.727. The molecule has 2 aliphatic heterocycles. The monoisotopic (exact) mass is 405 g/mol. The van der Waals surface area contributed by atoms with Crippen LogP contribution in [0.2, 0.25) is 0 Å². The van der Waals surface area contributed by atoms with Crippen molar-refractivity contribution in [3.63, 3.8) is 0 Å². The van der Waals surface area contributed by atoms with Crippen molar-refractivity contribution in [1.82, 2.24) is 10.2 Å². The minimum Gasteiger partial charge on any atom is -0.490 e. The van der Waals surface area contributed by atoms with Crippen molar-refractivity contribution in [3.05, 3.63) is 23.8 Å². The molecule has 2 heterocycles. The summed E-state index contributed by atoms with van der Waals surface area (Å²) in [5, 5.41) is 14.5. The third-order valence-electron chi connectivity index (χ3n) is 5.21. The summed E-state index contributed by atoms with van der Waals surface area (Å²) in [7, 11) is 1.71. The van der Waals surface area contributed by atoms with E-state index in [1.54, 1.807) is 30.1 Å². The summed E-state index contributed by atoms with van der Waals surface area (Å²) < 4.78 is 11.8. The highest BCUT2D eigenvalue weighted by Gasteiger charge is 2.39. The lowest BCUT2D eigenvalue weighted by Gasteiger charge is -2.42. The molecule has 1 fully saturated rings. The molecule has 9 heteroatoms. The Morgan fingerprint density at radius 1 is 1.31 bits per heavy atom. The molecule has 2 aliphatic rings. The number of rotatable bonds is 5. The number of fused-ring (bicyclic) bond motifs is 2. The molecule has 0 radical (unpaired) electrons. The zero-order chi connectivity index (χ0) is 21.0. The predicted molar refractivity (Wildman–Crippen MR) is 105 cm³/mol. The van der Waals surface area contributed by atoms with Crippen LogP contribution in [-0.2, 0) is 9.53 Å². The van der Waals surface area contributed by atoms with Crippen molar-refractivity contribution >= 4 is 23.6 Å². The maximum Gasteiger partial charge on any atom is 0.319 e. The molecule has 1 aromatic rings. The van der Waals surface area contributed by atoms with Gasteiger partial charge in [-0.25, -0.2) is 4.79 Å². The van der Waals surface area contributed by atoms with Gasteiger partial charge in [0.25, 0.3) is 5.91 Å². The topological polar surface area (TPSA) is 117 Å². The molecule has 0 spiro atoms. The molecule has 0 aliphatic carbocycles. The molecule has 3 N–H and O–H groups in total. The smallest absolute Gasteiger partial charge is 0.319 e. The van der Waals surface area contributed by atoms with Gasteiger partial charge in [-0.15, -0.1) is 0 Å². The molecular formula is C20H27N3O6. The molecule has 3 amide bonds. The van der Waals surface area contributed by atoms with Crippen molar-refractivity contribution in [2.45, 2.75) is 50.9 Å². The number of carbonyl (C=O) groups is 3. The van der Waals surface area contributed by atoms with Gasteiger partial charge in [0.1, 0.15) is 18.5 Å². The fourth-order valence-corrected chi connectivity index (χ4v) is 3.71. The van der Waals surface area contributed by atoms with Crippen LogP contribution in [0.15, 0.2) is 18.2 Å². The molecule has 29 heavy (non-hydrogen) atoms. The van der Waals surface area contributed by atoms with E-state index in [2.05, 4.69) is 10.6 Å². The zero-order valence-corrected chi connectivity index (χ0v) is 16.6. The van der Waals surface area contributed by atoms with Crippen molar-refractivity contribution in [3.8, 4) is 5.75 Å². The summed E-state index contributed by atoms with van der Waals surface area (Å²) in [6.07, 6.45) is 1.19. The second kappa shape index (κ2) is 9.13. The van der Waals surface area contributed by atoms with E-state index < -0.39 is 12.1 Å². The Morgan fingerprint density at radius 3 is 2.83 bits per heavy atom. The van der Waals surface area contributed by atoms with Gasteiger partial charge in [-0.3, -0.25) is 9.59 Å². The first-order valence-electron chi connectivity index (χ1n) is 9.85. The van der Waals surface area contributed by atoms with E-state index in [-0.39, 0.29) is 37.1 Å². The number of hydrogen-bond acceptors (Lipinski definition) is 5. The average Bonchev–Trinajstić information content (AvgIpc) is 2.69. The molecule has 1 saturated heterocycles. The number of hydrogen-bond donors (Lipinski definition) is 3. The molecule has 1 aromatic carbocycles. The fourth-order valence-electron chi connectivity index (χ4n) is 3.71. The molecule has 3 rings (SSSR count). The molecule has 0 aromatic heterocycles. The number of ether oxygens (including phenoxy) is 2. The van der Waals surface area contributed by atoms with Crippen molar-refractivity contribution in [2.24, 2.45) is 0 Å². The number of nitrogens with zero attached hydrogens (tertiary/aromatic N) is 1. The molecule has 3 atom stereocenters. The second-order valence-corrected chi connectivity index (χ2v) is 7.36. The molecule has 9 nitrogen and oxygen atoms in total. The van der Waals surface area contributed by atoms with Crippen LogP contribution in [0.3, 0.4) is 0 Å². The van der Waals surface area contributed by atoms with Crippen molar-refractivity contribution < 1.29 is 29.0 Å². The minimum atomic E-state index is -0.905. The molecular weight excluding hydrogens is 378 g/mol. The van der Waals surface area contributed by atoms with Crippen LogP contribution in [0.4, 0.5) is 10.5 Å². The quantitative estimate of drug-likeness (QED) is 0.690. The van der Waals surface area contributed by atoms with Gasteiger partial charge in [-0.2, -0.15) is 0 Å². The third kappa shape index (κ3) is 4.97. The van der Waals surface area contributed by atoms with E-state index in [1.165, 1.54) is 0 Å². The van der Waals surface area contributed by atoms with Gasteiger partial charge in [-0.05, 0) is 37.5 Å². The van der Waals surface area contributed by atoms with Crippen molar-refractivity contribution in [1.29, 1.82) is 0 Å².